The number of primary amides is 1. The van der Waals surface area contributed by atoms with Crippen LogP contribution in [0.25, 0.3) is 11.3 Å². The summed E-state index contributed by atoms with van der Waals surface area (Å²) < 4.78 is 0. The molecule has 2 amide bonds. The maximum absolute atomic E-state index is 12.6. The zero-order chi connectivity index (χ0) is 19.6. The van der Waals surface area contributed by atoms with Gasteiger partial charge in [-0.05, 0) is 48.5 Å². The maximum atomic E-state index is 12.6. The van der Waals surface area contributed by atoms with Crippen molar-refractivity contribution in [3.05, 3.63) is 82.0 Å². The molecule has 0 radical (unpaired) electrons. The fourth-order valence-corrected chi connectivity index (χ4v) is 2.94. The summed E-state index contributed by atoms with van der Waals surface area (Å²) in [6.07, 6.45) is 1.61. The standard InChI is InChI=1S/C19H13Cl2N3O3/c20-15-7-5-12(10-14(15)17-3-1-2-8-23-17)24(27)19(26)11-4-6-13(18(22)25)16(21)9-11/h1-10,27H,(H2,22,25). The lowest BCUT2D eigenvalue weighted by molar-refractivity contribution is 0.0854. The van der Waals surface area contributed by atoms with E-state index in [0.717, 1.165) is 0 Å². The number of halogens is 2. The number of nitrogens with two attached hydrogens (primary N) is 1. The Morgan fingerprint density at radius 3 is 2.41 bits per heavy atom. The Bertz CT molecular complexity index is 1030. The first-order chi connectivity index (χ1) is 12.9. The molecule has 6 nitrogen and oxygen atoms in total. The Kier molecular flexibility index (Phi) is 5.41. The van der Waals surface area contributed by atoms with Crippen LogP contribution in [0, 0.1) is 0 Å². The summed E-state index contributed by atoms with van der Waals surface area (Å²) in [5.74, 6) is -1.44. The predicted molar refractivity (Wildman–Crippen MR) is 103 cm³/mol. The second kappa shape index (κ2) is 7.75. The number of hydrogen-bond acceptors (Lipinski definition) is 4. The summed E-state index contributed by atoms with van der Waals surface area (Å²) in [6, 6.07) is 13.9. The van der Waals surface area contributed by atoms with Crippen LogP contribution in [0.2, 0.25) is 10.0 Å². The van der Waals surface area contributed by atoms with E-state index in [1.54, 1.807) is 36.5 Å². The third kappa shape index (κ3) is 3.93. The van der Waals surface area contributed by atoms with E-state index in [9.17, 15) is 14.8 Å². The van der Waals surface area contributed by atoms with Gasteiger partial charge in [-0.15, -0.1) is 0 Å². The summed E-state index contributed by atoms with van der Waals surface area (Å²) in [5.41, 5.74) is 6.71. The monoisotopic (exact) mass is 401 g/mol. The van der Waals surface area contributed by atoms with Crippen LogP contribution in [0.1, 0.15) is 20.7 Å². The van der Waals surface area contributed by atoms with Gasteiger partial charge in [0.15, 0.2) is 0 Å². The van der Waals surface area contributed by atoms with E-state index >= 15 is 0 Å². The van der Waals surface area contributed by atoms with Crippen molar-refractivity contribution in [3.8, 4) is 11.3 Å². The van der Waals surface area contributed by atoms with Crippen molar-refractivity contribution in [2.45, 2.75) is 0 Å². The van der Waals surface area contributed by atoms with Gasteiger partial charge in [0.1, 0.15) is 0 Å². The Labute approximate surface area is 164 Å². The molecule has 2 aromatic carbocycles. The first-order valence-corrected chi connectivity index (χ1v) is 8.47. The second-order valence-electron chi connectivity index (χ2n) is 5.55. The molecular weight excluding hydrogens is 389 g/mol. The average Bonchev–Trinajstić information content (AvgIpc) is 2.67. The normalized spacial score (nSPS) is 10.5. The molecule has 0 unspecified atom stereocenters. The molecule has 0 fully saturated rings. The number of amides is 2. The highest BCUT2D eigenvalue weighted by Crippen LogP contribution is 2.31. The number of carbonyl (C=O) groups excluding carboxylic acids is 2. The molecule has 27 heavy (non-hydrogen) atoms. The van der Waals surface area contributed by atoms with Gasteiger partial charge in [0, 0.05) is 17.3 Å². The van der Waals surface area contributed by atoms with Gasteiger partial charge in [0.2, 0.25) is 5.91 Å². The fraction of sp³-hybridized carbons (Fsp3) is 0. The lowest BCUT2D eigenvalue weighted by Gasteiger charge is -2.17. The summed E-state index contributed by atoms with van der Waals surface area (Å²) in [6.45, 7) is 0. The molecule has 3 N–H and O–H groups in total. The van der Waals surface area contributed by atoms with Crippen LogP contribution < -0.4 is 10.8 Å². The van der Waals surface area contributed by atoms with Crippen molar-refractivity contribution in [1.29, 1.82) is 0 Å². The third-order valence-corrected chi connectivity index (χ3v) is 4.45. The molecule has 0 saturated heterocycles. The first-order valence-electron chi connectivity index (χ1n) is 7.72. The minimum atomic E-state index is -0.734. The number of hydrogen-bond donors (Lipinski definition) is 2. The van der Waals surface area contributed by atoms with E-state index in [1.165, 1.54) is 24.3 Å². The molecule has 1 aromatic heterocycles. The zero-order valence-corrected chi connectivity index (χ0v) is 15.3. The molecule has 136 valence electrons. The largest absolute Gasteiger partial charge is 0.366 e. The summed E-state index contributed by atoms with van der Waals surface area (Å²) >= 11 is 12.2. The SMILES string of the molecule is NC(=O)c1ccc(C(=O)N(O)c2ccc(Cl)c(-c3ccccn3)c2)cc1Cl. The van der Waals surface area contributed by atoms with Gasteiger partial charge < -0.3 is 5.73 Å². The van der Waals surface area contributed by atoms with Crippen LogP contribution in [0.3, 0.4) is 0 Å². The second-order valence-corrected chi connectivity index (χ2v) is 6.37. The number of benzene rings is 2. The Morgan fingerprint density at radius 1 is 1.00 bits per heavy atom. The van der Waals surface area contributed by atoms with Gasteiger partial charge in [-0.1, -0.05) is 29.3 Å². The number of nitrogens with zero attached hydrogens (tertiary/aromatic N) is 2. The maximum Gasteiger partial charge on any atom is 0.282 e. The van der Waals surface area contributed by atoms with Crippen molar-refractivity contribution in [1.82, 2.24) is 4.98 Å². The average molecular weight is 402 g/mol. The lowest BCUT2D eigenvalue weighted by atomic mass is 10.1. The number of anilines is 1. The highest BCUT2D eigenvalue weighted by Gasteiger charge is 2.19. The third-order valence-electron chi connectivity index (χ3n) is 3.81. The molecule has 8 heteroatoms. The van der Waals surface area contributed by atoms with Crippen LogP contribution in [0.5, 0.6) is 0 Å². The van der Waals surface area contributed by atoms with Crippen molar-refractivity contribution in [2.75, 3.05) is 5.06 Å². The zero-order valence-electron chi connectivity index (χ0n) is 13.8. The minimum Gasteiger partial charge on any atom is -0.366 e. The molecule has 3 rings (SSSR count). The lowest BCUT2D eigenvalue weighted by Crippen LogP contribution is -2.27. The summed E-state index contributed by atoms with van der Waals surface area (Å²) in [4.78, 5) is 28.0. The molecule has 0 saturated carbocycles. The quantitative estimate of drug-likeness (QED) is 0.505. The summed E-state index contributed by atoms with van der Waals surface area (Å²) in [7, 11) is 0. The van der Waals surface area contributed by atoms with E-state index in [1.807, 2.05) is 0 Å². The highest BCUT2D eigenvalue weighted by molar-refractivity contribution is 6.34. The van der Waals surface area contributed by atoms with Gasteiger partial charge in [-0.25, -0.2) is 0 Å². The minimum absolute atomic E-state index is 0.0204. The van der Waals surface area contributed by atoms with Crippen molar-refractivity contribution < 1.29 is 14.8 Å². The van der Waals surface area contributed by atoms with E-state index in [4.69, 9.17) is 28.9 Å². The van der Waals surface area contributed by atoms with Gasteiger partial charge in [-0.2, -0.15) is 5.06 Å². The number of aromatic nitrogens is 1. The van der Waals surface area contributed by atoms with Gasteiger partial charge in [0.25, 0.3) is 5.91 Å². The molecule has 0 bridgehead atoms. The van der Waals surface area contributed by atoms with Crippen molar-refractivity contribution in [2.24, 2.45) is 5.73 Å². The molecule has 1 heterocycles. The van der Waals surface area contributed by atoms with Gasteiger partial charge >= 0.3 is 0 Å². The van der Waals surface area contributed by atoms with Gasteiger partial charge in [0.05, 0.1) is 27.0 Å². The number of pyridine rings is 1. The van der Waals surface area contributed by atoms with E-state index < -0.39 is 11.8 Å². The van der Waals surface area contributed by atoms with Crippen LogP contribution in [-0.4, -0.2) is 22.0 Å². The number of hydroxylamine groups is 1. The van der Waals surface area contributed by atoms with Crippen molar-refractivity contribution >= 4 is 40.7 Å². The van der Waals surface area contributed by atoms with E-state index in [-0.39, 0.29) is 21.8 Å². The Balaban J connectivity index is 1.94. The highest BCUT2D eigenvalue weighted by atomic mass is 35.5. The number of carbonyl (C=O) groups is 2. The molecule has 0 atom stereocenters. The first kappa shape index (κ1) is 18.8. The fourth-order valence-electron chi connectivity index (χ4n) is 2.45. The Hall–Kier alpha value is -2.93. The molecule has 0 aliphatic rings. The van der Waals surface area contributed by atoms with Crippen LogP contribution in [0.4, 0.5) is 5.69 Å². The predicted octanol–water partition coefficient (Wildman–Crippen LogP) is 4.19. The van der Waals surface area contributed by atoms with E-state index in [2.05, 4.69) is 4.98 Å². The van der Waals surface area contributed by atoms with Crippen LogP contribution in [-0.2, 0) is 0 Å². The van der Waals surface area contributed by atoms with Crippen LogP contribution >= 0.6 is 23.2 Å². The Morgan fingerprint density at radius 2 is 1.78 bits per heavy atom. The molecule has 0 spiro atoms. The van der Waals surface area contributed by atoms with E-state index in [0.29, 0.717) is 21.3 Å². The molecular formula is C19H13Cl2N3O3. The van der Waals surface area contributed by atoms with Crippen LogP contribution in [0.15, 0.2) is 60.8 Å². The smallest absolute Gasteiger partial charge is 0.282 e. The molecule has 0 aliphatic carbocycles. The molecule has 3 aromatic rings. The topological polar surface area (TPSA) is 96.5 Å². The summed E-state index contributed by atoms with van der Waals surface area (Å²) in [5, 5.41) is 11.3. The van der Waals surface area contributed by atoms with Crippen molar-refractivity contribution in [3.63, 3.8) is 0 Å². The molecule has 0 aliphatic heterocycles. The number of rotatable bonds is 4. The van der Waals surface area contributed by atoms with Gasteiger partial charge in [-0.3, -0.25) is 19.8 Å².